The molecule has 0 amide bonds. The second-order valence-corrected chi connectivity index (χ2v) is 5.91. The zero-order valence-electron chi connectivity index (χ0n) is 15.5. The summed E-state index contributed by atoms with van der Waals surface area (Å²) in [6.07, 6.45) is 0. The van der Waals surface area contributed by atoms with Gasteiger partial charge in [-0.2, -0.15) is 0 Å². The lowest BCUT2D eigenvalue weighted by Crippen LogP contribution is -2.01. The van der Waals surface area contributed by atoms with Crippen molar-refractivity contribution in [3.8, 4) is 28.4 Å². The van der Waals surface area contributed by atoms with Gasteiger partial charge in [-0.3, -0.25) is 0 Å². The first-order chi connectivity index (χ1) is 12.7. The first-order valence-corrected chi connectivity index (χ1v) is 8.46. The molecule has 3 rings (SSSR count). The molecule has 0 radical (unpaired) electrons. The van der Waals surface area contributed by atoms with E-state index < -0.39 is 0 Å². The predicted octanol–water partition coefficient (Wildman–Crippen LogP) is 4.83. The third-order valence-electron chi connectivity index (χ3n) is 4.18. The van der Waals surface area contributed by atoms with Gasteiger partial charge in [0.25, 0.3) is 0 Å². The molecule has 5 heteroatoms. The third kappa shape index (κ3) is 5.16. The molecule has 27 heavy (non-hydrogen) atoms. The van der Waals surface area contributed by atoms with Gasteiger partial charge in [-0.15, -0.1) is 12.4 Å². The van der Waals surface area contributed by atoms with Gasteiger partial charge in [0, 0.05) is 18.2 Å². The number of hydrogen-bond donors (Lipinski definition) is 1. The highest BCUT2D eigenvalue weighted by molar-refractivity contribution is 5.85. The van der Waals surface area contributed by atoms with Crippen LogP contribution in [0, 0.1) is 0 Å². The number of benzene rings is 3. The minimum Gasteiger partial charge on any atom is -0.497 e. The monoisotopic (exact) mass is 385 g/mol. The average molecular weight is 386 g/mol. The summed E-state index contributed by atoms with van der Waals surface area (Å²) in [6.45, 7) is 0.951. The van der Waals surface area contributed by atoms with Crippen LogP contribution < -0.4 is 19.9 Å². The van der Waals surface area contributed by atoms with E-state index in [9.17, 15) is 0 Å². The van der Waals surface area contributed by atoms with Gasteiger partial charge in [-0.1, -0.05) is 42.5 Å². The maximum atomic E-state index is 6.13. The number of nitrogens with two attached hydrogens (primary N) is 1. The Morgan fingerprint density at radius 3 is 2.04 bits per heavy atom. The Bertz CT molecular complexity index is 846. The van der Waals surface area contributed by atoms with E-state index in [1.165, 1.54) is 0 Å². The molecule has 0 saturated carbocycles. The molecule has 142 valence electrons. The summed E-state index contributed by atoms with van der Waals surface area (Å²) in [5, 5.41) is 0. The number of halogens is 1. The smallest absolute Gasteiger partial charge is 0.127 e. The number of rotatable bonds is 7. The van der Waals surface area contributed by atoms with Crippen molar-refractivity contribution in [3.05, 3.63) is 77.9 Å². The normalized spacial score (nSPS) is 10.0. The molecule has 0 unspecified atom stereocenters. The molecule has 0 bridgehead atoms. The van der Waals surface area contributed by atoms with Crippen molar-refractivity contribution in [2.45, 2.75) is 13.2 Å². The first-order valence-electron chi connectivity index (χ1n) is 8.46. The van der Waals surface area contributed by atoms with E-state index in [4.69, 9.17) is 19.9 Å². The van der Waals surface area contributed by atoms with Crippen LogP contribution in [-0.4, -0.2) is 14.2 Å². The largest absolute Gasteiger partial charge is 0.497 e. The van der Waals surface area contributed by atoms with Crippen LogP contribution in [0.1, 0.15) is 11.1 Å². The van der Waals surface area contributed by atoms with E-state index >= 15 is 0 Å². The van der Waals surface area contributed by atoms with Crippen LogP contribution in [0.5, 0.6) is 17.2 Å². The van der Waals surface area contributed by atoms with Gasteiger partial charge < -0.3 is 19.9 Å². The molecule has 0 heterocycles. The predicted molar refractivity (Wildman–Crippen MR) is 111 cm³/mol. The van der Waals surface area contributed by atoms with Crippen molar-refractivity contribution in [2.24, 2.45) is 5.73 Å². The lowest BCUT2D eigenvalue weighted by molar-refractivity contribution is 0.307. The maximum absolute atomic E-state index is 6.13. The Labute approximate surface area is 166 Å². The third-order valence-corrected chi connectivity index (χ3v) is 4.18. The molecule has 4 nitrogen and oxygen atoms in total. The molecule has 0 spiro atoms. The Kier molecular flexibility index (Phi) is 7.53. The van der Waals surface area contributed by atoms with Crippen molar-refractivity contribution >= 4 is 12.4 Å². The minimum absolute atomic E-state index is 0. The number of ether oxygens (including phenoxy) is 3. The van der Waals surface area contributed by atoms with Gasteiger partial charge in [0.15, 0.2) is 0 Å². The van der Waals surface area contributed by atoms with Crippen molar-refractivity contribution in [2.75, 3.05) is 14.2 Å². The Morgan fingerprint density at radius 2 is 1.44 bits per heavy atom. The lowest BCUT2D eigenvalue weighted by atomic mass is 10.0. The van der Waals surface area contributed by atoms with E-state index in [1.807, 2.05) is 66.7 Å². The molecule has 2 N–H and O–H groups in total. The number of methoxy groups -OCH3 is 2. The quantitative estimate of drug-likeness (QED) is 0.632. The molecule has 0 atom stereocenters. The van der Waals surface area contributed by atoms with E-state index in [2.05, 4.69) is 0 Å². The molecule has 0 aliphatic heterocycles. The summed E-state index contributed by atoms with van der Waals surface area (Å²) in [5.74, 6) is 2.25. The standard InChI is InChI=1S/C22H23NO3.ClH/c1-24-19-11-18(12-20(13-19)25-2)21-9-8-17(14-23)10-22(21)26-15-16-6-4-3-5-7-16;/h3-13H,14-15,23H2,1-2H3;1H. The average Bonchev–Trinajstić information content (AvgIpc) is 2.72. The van der Waals surface area contributed by atoms with Crippen molar-refractivity contribution < 1.29 is 14.2 Å². The first kappa shape index (κ1) is 20.6. The molecule has 0 saturated heterocycles. The summed E-state index contributed by atoms with van der Waals surface area (Å²) in [5.41, 5.74) is 9.87. The Hall–Kier alpha value is -2.69. The molecule has 0 aliphatic rings. The summed E-state index contributed by atoms with van der Waals surface area (Å²) >= 11 is 0. The molecule has 3 aromatic rings. The van der Waals surface area contributed by atoms with Crippen molar-refractivity contribution in [1.29, 1.82) is 0 Å². The van der Waals surface area contributed by atoms with Gasteiger partial charge in [-0.25, -0.2) is 0 Å². The van der Waals surface area contributed by atoms with E-state index in [0.29, 0.717) is 13.2 Å². The van der Waals surface area contributed by atoms with E-state index in [-0.39, 0.29) is 12.4 Å². The van der Waals surface area contributed by atoms with Gasteiger partial charge in [-0.05, 0) is 34.9 Å². The second-order valence-electron chi connectivity index (χ2n) is 5.91. The number of hydrogen-bond acceptors (Lipinski definition) is 4. The Morgan fingerprint density at radius 1 is 0.778 bits per heavy atom. The fraction of sp³-hybridized carbons (Fsp3) is 0.182. The zero-order chi connectivity index (χ0) is 18.4. The molecular formula is C22H24ClNO3. The minimum atomic E-state index is 0. The molecular weight excluding hydrogens is 362 g/mol. The van der Waals surface area contributed by atoms with Gasteiger partial charge in [0.2, 0.25) is 0 Å². The topological polar surface area (TPSA) is 53.7 Å². The van der Waals surface area contributed by atoms with E-state index in [0.717, 1.165) is 39.5 Å². The molecule has 0 fully saturated rings. The summed E-state index contributed by atoms with van der Waals surface area (Å²) in [4.78, 5) is 0. The fourth-order valence-corrected chi connectivity index (χ4v) is 2.75. The summed E-state index contributed by atoms with van der Waals surface area (Å²) < 4.78 is 16.9. The summed E-state index contributed by atoms with van der Waals surface area (Å²) in [6, 6.07) is 21.9. The molecule has 0 aliphatic carbocycles. The van der Waals surface area contributed by atoms with Crippen molar-refractivity contribution in [1.82, 2.24) is 0 Å². The maximum Gasteiger partial charge on any atom is 0.127 e. The highest BCUT2D eigenvalue weighted by Crippen LogP contribution is 2.36. The van der Waals surface area contributed by atoms with Crippen LogP contribution in [0.25, 0.3) is 11.1 Å². The van der Waals surface area contributed by atoms with Crippen LogP contribution in [0.2, 0.25) is 0 Å². The highest BCUT2D eigenvalue weighted by Gasteiger charge is 2.11. The van der Waals surface area contributed by atoms with Crippen LogP contribution >= 0.6 is 12.4 Å². The lowest BCUT2D eigenvalue weighted by Gasteiger charge is -2.15. The van der Waals surface area contributed by atoms with Gasteiger partial charge in [0.05, 0.1) is 14.2 Å². The highest BCUT2D eigenvalue weighted by atomic mass is 35.5. The second kappa shape index (κ2) is 9.86. The molecule has 0 aromatic heterocycles. The van der Waals surface area contributed by atoms with Gasteiger partial charge in [0.1, 0.15) is 23.9 Å². The van der Waals surface area contributed by atoms with Crippen LogP contribution in [0.4, 0.5) is 0 Å². The SMILES string of the molecule is COc1cc(OC)cc(-c2ccc(CN)cc2OCc2ccccc2)c1.Cl. The van der Waals surface area contributed by atoms with Crippen LogP contribution in [-0.2, 0) is 13.2 Å². The summed E-state index contributed by atoms with van der Waals surface area (Å²) in [7, 11) is 3.28. The van der Waals surface area contributed by atoms with Gasteiger partial charge >= 0.3 is 0 Å². The van der Waals surface area contributed by atoms with Crippen LogP contribution in [0.15, 0.2) is 66.7 Å². The zero-order valence-corrected chi connectivity index (χ0v) is 16.3. The fourth-order valence-electron chi connectivity index (χ4n) is 2.75. The van der Waals surface area contributed by atoms with Crippen molar-refractivity contribution in [3.63, 3.8) is 0 Å². The Balaban J connectivity index is 0.00000261. The van der Waals surface area contributed by atoms with E-state index in [1.54, 1.807) is 14.2 Å². The molecule has 3 aromatic carbocycles. The van der Waals surface area contributed by atoms with Crippen LogP contribution in [0.3, 0.4) is 0 Å².